The molecule has 4 nitrogen and oxygen atoms in total. The van der Waals surface area contributed by atoms with Gasteiger partial charge in [-0.05, 0) is 23.9 Å². The fourth-order valence-electron chi connectivity index (χ4n) is 1.52. The van der Waals surface area contributed by atoms with Gasteiger partial charge in [0.25, 0.3) is 0 Å². The number of carbonyl (C=O) groups is 1. The van der Waals surface area contributed by atoms with Crippen molar-refractivity contribution in [3.8, 4) is 0 Å². The van der Waals surface area contributed by atoms with Crippen LogP contribution in [0.2, 0.25) is 0 Å². The molecule has 1 amide bonds. The van der Waals surface area contributed by atoms with Crippen molar-refractivity contribution in [3.05, 3.63) is 46.4 Å². The molecule has 2 rings (SSSR count). The van der Waals surface area contributed by atoms with E-state index in [-0.39, 0.29) is 5.91 Å². The predicted octanol–water partition coefficient (Wildman–Crippen LogP) is 1.85. The van der Waals surface area contributed by atoms with Crippen LogP contribution in [-0.4, -0.2) is 22.2 Å². The summed E-state index contributed by atoms with van der Waals surface area (Å²) in [5, 5.41) is 8.92. The van der Waals surface area contributed by atoms with Crippen LogP contribution in [0.25, 0.3) is 6.08 Å². The highest BCUT2D eigenvalue weighted by Crippen LogP contribution is 2.08. The van der Waals surface area contributed by atoms with E-state index < -0.39 is 0 Å². The summed E-state index contributed by atoms with van der Waals surface area (Å²) in [4.78, 5) is 12.8. The van der Waals surface area contributed by atoms with E-state index in [2.05, 4.69) is 16.5 Å². The molecule has 0 spiro atoms. The van der Waals surface area contributed by atoms with Crippen molar-refractivity contribution in [2.45, 2.75) is 6.42 Å². The molecule has 0 aromatic carbocycles. The molecule has 2 aromatic rings. The average Bonchev–Trinajstić information content (AvgIpc) is 2.98. The molecule has 0 atom stereocenters. The van der Waals surface area contributed by atoms with Gasteiger partial charge in [0.2, 0.25) is 5.91 Å². The molecular formula is C13H15N3OS. The van der Waals surface area contributed by atoms with Gasteiger partial charge in [0, 0.05) is 36.3 Å². The van der Waals surface area contributed by atoms with Gasteiger partial charge in [0.1, 0.15) is 0 Å². The minimum Gasteiger partial charge on any atom is -0.352 e. The maximum Gasteiger partial charge on any atom is 0.244 e. The van der Waals surface area contributed by atoms with E-state index >= 15 is 0 Å². The quantitative estimate of drug-likeness (QED) is 0.835. The van der Waals surface area contributed by atoms with E-state index in [0.717, 1.165) is 12.0 Å². The fourth-order valence-corrected chi connectivity index (χ4v) is 2.23. The molecule has 0 saturated heterocycles. The summed E-state index contributed by atoms with van der Waals surface area (Å²) in [7, 11) is 1.85. The van der Waals surface area contributed by atoms with Crippen LogP contribution < -0.4 is 5.32 Å². The van der Waals surface area contributed by atoms with Crippen LogP contribution in [-0.2, 0) is 18.3 Å². The number of aromatic nitrogens is 2. The zero-order chi connectivity index (χ0) is 12.8. The van der Waals surface area contributed by atoms with Gasteiger partial charge < -0.3 is 5.32 Å². The van der Waals surface area contributed by atoms with Crippen molar-refractivity contribution < 1.29 is 4.79 Å². The Balaban J connectivity index is 1.73. The molecule has 0 radical (unpaired) electrons. The molecule has 2 heterocycles. The molecule has 0 bridgehead atoms. The number of hydrogen-bond acceptors (Lipinski definition) is 3. The molecule has 2 aromatic heterocycles. The number of nitrogens with one attached hydrogen (secondary N) is 1. The third-order valence-electron chi connectivity index (χ3n) is 2.40. The van der Waals surface area contributed by atoms with Crippen molar-refractivity contribution >= 4 is 23.3 Å². The van der Waals surface area contributed by atoms with Gasteiger partial charge in [0.15, 0.2) is 0 Å². The van der Waals surface area contributed by atoms with Crippen LogP contribution in [0, 0.1) is 0 Å². The van der Waals surface area contributed by atoms with Gasteiger partial charge in [-0.3, -0.25) is 9.48 Å². The molecule has 0 aliphatic carbocycles. The van der Waals surface area contributed by atoms with Crippen LogP contribution in [0.4, 0.5) is 0 Å². The Morgan fingerprint density at radius 1 is 1.61 bits per heavy atom. The highest BCUT2D eigenvalue weighted by atomic mass is 32.1. The van der Waals surface area contributed by atoms with Crippen molar-refractivity contribution in [2.24, 2.45) is 7.05 Å². The van der Waals surface area contributed by atoms with Gasteiger partial charge in [-0.2, -0.15) is 5.10 Å². The van der Waals surface area contributed by atoms with Crippen LogP contribution >= 0.6 is 11.3 Å². The van der Waals surface area contributed by atoms with Crippen molar-refractivity contribution in [2.75, 3.05) is 6.54 Å². The van der Waals surface area contributed by atoms with Crippen LogP contribution in [0.5, 0.6) is 0 Å². The fraction of sp³-hybridized carbons (Fsp3) is 0.231. The Bertz CT molecular complexity index is 528. The summed E-state index contributed by atoms with van der Waals surface area (Å²) in [6.45, 7) is 0.663. The monoisotopic (exact) mass is 261 g/mol. The number of thiophene rings is 1. The highest BCUT2D eigenvalue weighted by molar-refractivity contribution is 7.09. The van der Waals surface area contributed by atoms with Gasteiger partial charge in [-0.15, -0.1) is 11.3 Å². The third kappa shape index (κ3) is 3.85. The molecule has 5 heteroatoms. The second kappa shape index (κ2) is 6.16. The Morgan fingerprint density at radius 3 is 3.17 bits per heavy atom. The Labute approximate surface area is 110 Å². The number of carbonyl (C=O) groups excluding carboxylic acids is 1. The van der Waals surface area contributed by atoms with E-state index in [9.17, 15) is 4.79 Å². The first kappa shape index (κ1) is 12.6. The molecule has 0 fully saturated rings. The van der Waals surface area contributed by atoms with Gasteiger partial charge >= 0.3 is 0 Å². The Kier molecular flexibility index (Phi) is 4.30. The second-order valence-corrected chi connectivity index (χ2v) is 4.93. The summed E-state index contributed by atoms with van der Waals surface area (Å²) in [5.74, 6) is -0.0737. The molecule has 0 saturated carbocycles. The van der Waals surface area contributed by atoms with E-state index in [0.29, 0.717) is 6.54 Å². The van der Waals surface area contributed by atoms with Crippen molar-refractivity contribution in [3.63, 3.8) is 0 Å². The standard InChI is InChI=1S/C13H15N3OS/c1-16-10-11(9-15-16)4-5-13(17)14-7-6-12-3-2-8-18-12/h2-5,8-10H,6-7H2,1H3,(H,14,17). The molecule has 1 N–H and O–H groups in total. The third-order valence-corrected chi connectivity index (χ3v) is 3.34. The lowest BCUT2D eigenvalue weighted by atomic mass is 10.3. The lowest BCUT2D eigenvalue weighted by Crippen LogP contribution is -2.23. The Hall–Kier alpha value is -1.88. The van der Waals surface area contributed by atoms with E-state index in [4.69, 9.17) is 0 Å². The summed E-state index contributed by atoms with van der Waals surface area (Å²) in [5.41, 5.74) is 0.922. The first-order valence-corrected chi connectivity index (χ1v) is 6.59. The zero-order valence-electron chi connectivity index (χ0n) is 10.2. The number of nitrogens with zero attached hydrogens (tertiary/aromatic N) is 2. The number of amides is 1. The van der Waals surface area contributed by atoms with E-state index in [1.807, 2.05) is 24.7 Å². The summed E-state index contributed by atoms with van der Waals surface area (Å²) >= 11 is 1.71. The first-order valence-electron chi connectivity index (χ1n) is 5.71. The number of rotatable bonds is 5. The molecule has 0 aliphatic heterocycles. The van der Waals surface area contributed by atoms with E-state index in [1.54, 1.807) is 28.3 Å². The predicted molar refractivity (Wildman–Crippen MR) is 73.3 cm³/mol. The van der Waals surface area contributed by atoms with Gasteiger partial charge in [-0.25, -0.2) is 0 Å². The molecular weight excluding hydrogens is 246 g/mol. The van der Waals surface area contributed by atoms with E-state index in [1.165, 1.54) is 11.0 Å². The maximum absolute atomic E-state index is 11.5. The van der Waals surface area contributed by atoms with Crippen LogP contribution in [0.1, 0.15) is 10.4 Å². The lowest BCUT2D eigenvalue weighted by molar-refractivity contribution is -0.116. The summed E-state index contributed by atoms with van der Waals surface area (Å²) in [6, 6.07) is 4.09. The smallest absolute Gasteiger partial charge is 0.244 e. The molecule has 18 heavy (non-hydrogen) atoms. The SMILES string of the molecule is Cn1cc(C=CC(=O)NCCc2cccs2)cn1. The zero-order valence-corrected chi connectivity index (χ0v) is 11.0. The number of hydrogen-bond donors (Lipinski definition) is 1. The van der Waals surface area contributed by atoms with Crippen molar-refractivity contribution in [1.82, 2.24) is 15.1 Å². The number of aryl methyl sites for hydroxylation is 1. The second-order valence-electron chi connectivity index (χ2n) is 3.90. The summed E-state index contributed by atoms with van der Waals surface area (Å²) in [6.07, 6.45) is 7.74. The average molecular weight is 261 g/mol. The summed E-state index contributed by atoms with van der Waals surface area (Å²) < 4.78 is 1.70. The molecule has 0 aliphatic rings. The largest absolute Gasteiger partial charge is 0.352 e. The normalized spacial score (nSPS) is 10.9. The van der Waals surface area contributed by atoms with Gasteiger partial charge in [0.05, 0.1) is 6.20 Å². The maximum atomic E-state index is 11.5. The van der Waals surface area contributed by atoms with Gasteiger partial charge in [-0.1, -0.05) is 6.07 Å². The Morgan fingerprint density at radius 2 is 2.50 bits per heavy atom. The molecule has 94 valence electrons. The minimum atomic E-state index is -0.0737. The van der Waals surface area contributed by atoms with Crippen molar-refractivity contribution in [1.29, 1.82) is 0 Å². The molecule has 0 unspecified atom stereocenters. The lowest BCUT2D eigenvalue weighted by Gasteiger charge is -1.99. The van der Waals surface area contributed by atoms with Crippen LogP contribution in [0.15, 0.2) is 36.0 Å². The highest BCUT2D eigenvalue weighted by Gasteiger charge is 1.97. The topological polar surface area (TPSA) is 46.9 Å². The van der Waals surface area contributed by atoms with Crippen LogP contribution in [0.3, 0.4) is 0 Å². The first-order chi connectivity index (χ1) is 8.74. The minimum absolute atomic E-state index is 0.0737.